The summed E-state index contributed by atoms with van der Waals surface area (Å²) in [6, 6.07) is 0. The zero-order chi connectivity index (χ0) is 4.71. The van der Waals surface area contributed by atoms with Crippen LogP contribution in [0, 0.1) is 0 Å². The summed E-state index contributed by atoms with van der Waals surface area (Å²) < 4.78 is 6.17. The minimum absolute atomic E-state index is 0.417. The van der Waals surface area contributed by atoms with E-state index in [1.165, 1.54) is 0 Å². The normalized spacial score (nSPS) is 6.25. The van der Waals surface area contributed by atoms with Crippen LogP contribution in [0.25, 0.3) is 0 Å². The zero-order valence-electron chi connectivity index (χ0n) is 3.73. The molecule has 28 valence electrons. The number of aliphatic hydroxyl groups is 1. The van der Waals surface area contributed by atoms with Gasteiger partial charge in [0.15, 0.2) is 0 Å². The second-order valence-corrected chi connectivity index (χ2v) is 0. The van der Waals surface area contributed by atoms with Gasteiger partial charge in [0.1, 0.15) is 0 Å². The monoisotopic (exact) mass is 82.0 g/mol. The minimum Gasteiger partial charge on any atom is -0.400 e. The first-order chi connectivity index (χ1) is 2.41. The Hall–Kier alpha value is 0.390. The molecular weight excluding hydrogens is 71.0 g/mol. The maximum Gasteiger partial charge on any atom is 0.0319 e. The predicted molar refractivity (Wildman–Crippen MR) is 23.8 cm³/mol. The molecule has 1 N–H and O–H groups in total. The summed E-state index contributed by atoms with van der Waals surface area (Å²) in [5.41, 5.74) is 0. The third-order valence-corrected chi connectivity index (χ3v) is 0. The summed E-state index contributed by atoms with van der Waals surface area (Å²) in [5.74, 6) is 0. The highest BCUT2D eigenvalue weighted by Crippen LogP contribution is 1.46. The Labute approximate surface area is 30.6 Å². The lowest BCUT2D eigenvalue weighted by molar-refractivity contribution is 0.399. The van der Waals surface area contributed by atoms with Crippen LogP contribution in [0.3, 0.4) is 0 Å². The van der Waals surface area contributed by atoms with E-state index in [0.29, 0.717) is 6.64 Å². The Morgan fingerprint density at radius 3 is 2.00 bits per heavy atom. The smallest absolute Gasteiger partial charge is 0.0319 e. The van der Waals surface area contributed by atoms with E-state index in [1.807, 2.05) is 0 Å². The molecule has 0 aromatic rings. The molecule has 0 amide bonds. The molecule has 0 rings (SSSR count). The topological polar surface area (TPSA) is 20.2 Å². The van der Waals surface area contributed by atoms with Crippen molar-refractivity contribution in [1.29, 1.82) is 0 Å². The molecule has 1 unspecified atom stereocenters. The fourth-order valence-corrected chi connectivity index (χ4v) is 0. The van der Waals surface area contributed by atoms with Gasteiger partial charge < -0.3 is 5.11 Å². The molecule has 1 nitrogen and oxygen atoms in total. The van der Waals surface area contributed by atoms with Gasteiger partial charge in [0, 0.05) is 8.48 Å². The minimum atomic E-state index is 0.417. The Bertz CT molecular complexity index is 9.61. The molecular formula is C2H9OP. The molecule has 0 fully saturated rings. The molecule has 0 aromatic carbocycles. The van der Waals surface area contributed by atoms with Gasteiger partial charge >= 0.3 is 0 Å². The van der Waals surface area contributed by atoms with E-state index in [0.717, 1.165) is 7.11 Å². The molecule has 0 saturated heterocycles. The summed E-state index contributed by atoms with van der Waals surface area (Å²) in [5, 5.41) is 7.00. The lowest BCUT2D eigenvalue weighted by atomic mass is 11.8. The molecule has 0 heterocycles. The summed E-state index contributed by atoms with van der Waals surface area (Å²) in [6.07, 6.45) is 0. The van der Waals surface area contributed by atoms with Gasteiger partial charge in [-0.05, 0) is 0 Å². The average molecular weight is 82.1 g/mol. The van der Waals surface area contributed by atoms with Gasteiger partial charge in [0.05, 0.1) is 0 Å². The molecule has 4 heavy (non-hydrogen) atoms. The Morgan fingerprint density at radius 1 is 2.00 bits per heavy atom. The predicted octanol–water partition coefficient (Wildman–Crippen LogP) is 0.0998. The number of hydrogen-bond donors (Lipinski definition) is 1. The highest BCUT2D eigenvalue weighted by atomic mass is 31.0. The molecule has 0 aliphatic rings. The van der Waals surface area contributed by atoms with Crippen molar-refractivity contribution < 1.29 is 6.48 Å². The van der Waals surface area contributed by atoms with Crippen LogP contribution in [0.1, 0.15) is 1.37 Å². The van der Waals surface area contributed by atoms with Crippen LogP contribution in [0.5, 0.6) is 0 Å². The van der Waals surface area contributed by atoms with Gasteiger partial charge in [-0.3, -0.25) is 0 Å². The fourth-order valence-electron chi connectivity index (χ4n) is 0. The number of aliphatic hydroxyl groups excluding tert-OH is 1. The van der Waals surface area contributed by atoms with Gasteiger partial charge in [0.25, 0.3) is 0 Å². The SMILES string of the molecule is CO.[3H]CP. The van der Waals surface area contributed by atoms with Crippen molar-refractivity contribution in [2.24, 2.45) is 0 Å². The second-order valence-electron chi connectivity index (χ2n) is 0. The number of rotatable bonds is 0. The molecule has 0 aliphatic carbocycles. The van der Waals surface area contributed by atoms with Crippen LogP contribution in [-0.4, -0.2) is 18.9 Å². The van der Waals surface area contributed by atoms with E-state index in [4.69, 9.17) is 6.48 Å². The standard InChI is InChI=1S/CH4O.CH5P/c2*1-2/h2H,1H3;2H2,1H3/i;1T. The Morgan fingerprint density at radius 2 is 2.00 bits per heavy atom. The van der Waals surface area contributed by atoms with Gasteiger partial charge in [-0.2, -0.15) is 0 Å². The molecule has 0 radical (unpaired) electrons. The summed E-state index contributed by atoms with van der Waals surface area (Å²) in [4.78, 5) is 0. The summed E-state index contributed by atoms with van der Waals surface area (Å²) in [7, 11) is 3.25. The molecule has 0 spiro atoms. The first kappa shape index (κ1) is 4.39. The van der Waals surface area contributed by atoms with E-state index in [-0.39, 0.29) is 0 Å². The van der Waals surface area contributed by atoms with E-state index >= 15 is 0 Å². The van der Waals surface area contributed by atoms with Crippen molar-refractivity contribution in [2.75, 3.05) is 13.8 Å². The highest BCUT2D eigenvalue weighted by molar-refractivity contribution is 7.15. The van der Waals surface area contributed by atoms with Crippen LogP contribution in [-0.2, 0) is 0 Å². The summed E-state index contributed by atoms with van der Waals surface area (Å²) >= 11 is 0. The first-order valence-corrected chi connectivity index (χ1v) is 1.67. The van der Waals surface area contributed by atoms with Gasteiger partial charge in [0.2, 0.25) is 0 Å². The van der Waals surface area contributed by atoms with E-state index < -0.39 is 0 Å². The van der Waals surface area contributed by atoms with Crippen LogP contribution in [0.2, 0.25) is 0 Å². The van der Waals surface area contributed by atoms with Crippen molar-refractivity contribution in [1.82, 2.24) is 0 Å². The van der Waals surface area contributed by atoms with Gasteiger partial charge in [-0.15, -0.1) is 9.24 Å². The average Bonchev–Trinajstić information content (AvgIpc) is 1.46. The van der Waals surface area contributed by atoms with Gasteiger partial charge in [-0.1, -0.05) is 6.64 Å². The van der Waals surface area contributed by atoms with E-state index in [9.17, 15) is 0 Å². The molecule has 0 saturated carbocycles. The summed E-state index contributed by atoms with van der Waals surface area (Å²) in [6.45, 7) is 0.417. The molecule has 2 heteroatoms. The third kappa shape index (κ3) is 30.4. The Balaban J connectivity index is 0. The molecule has 0 bridgehead atoms. The molecule has 1 atom stereocenters. The maximum absolute atomic E-state index is 7.00. The first-order valence-electron chi connectivity index (χ1n) is 1.56. The van der Waals surface area contributed by atoms with Crippen molar-refractivity contribution in [3.8, 4) is 0 Å². The van der Waals surface area contributed by atoms with E-state index in [2.05, 4.69) is 9.24 Å². The largest absolute Gasteiger partial charge is 0.400 e. The van der Waals surface area contributed by atoms with Crippen LogP contribution in [0.4, 0.5) is 0 Å². The van der Waals surface area contributed by atoms with Crippen molar-refractivity contribution >= 4 is 9.24 Å². The second kappa shape index (κ2) is 127. The van der Waals surface area contributed by atoms with E-state index in [1.54, 1.807) is 0 Å². The van der Waals surface area contributed by atoms with Crippen LogP contribution >= 0.6 is 9.24 Å². The quantitative estimate of drug-likeness (QED) is 0.411. The third-order valence-electron chi connectivity index (χ3n) is 0. The van der Waals surface area contributed by atoms with Crippen molar-refractivity contribution in [3.63, 3.8) is 0 Å². The van der Waals surface area contributed by atoms with Gasteiger partial charge in [-0.25, -0.2) is 0 Å². The zero-order valence-corrected chi connectivity index (χ0v) is 3.89. The lowest BCUT2D eigenvalue weighted by Crippen LogP contribution is -1.25. The Kier molecular flexibility index (Phi) is 140. The molecule has 0 aliphatic heterocycles. The lowest BCUT2D eigenvalue weighted by Gasteiger charge is -1.21. The van der Waals surface area contributed by atoms with Crippen molar-refractivity contribution in [2.45, 2.75) is 0 Å². The highest BCUT2D eigenvalue weighted by Gasteiger charge is 0.906. The number of hydrogen-bond acceptors (Lipinski definition) is 1. The van der Waals surface area contributed by atoms with Crippen LogP contribution in [0.15, 0.2) is 0 Å². The maximum atomic E-state index is 7.00. The van der Waals surface area contributed by atoms with Crippen LogP contribution < -0.4 is 0 Å². The molecule has 0 aromatic heterocycles. The fraction of sp³-hybridized carbons (Fsp3) is 1.00. The van der Waals surface area contributed by atoms with Crippen molar-refractivity contribution in [3.05, 3.63) is 0 Å².